The molecule has 3 nitrogen and oxygen atoms in total. The summed E-state index contributed by atoms with van der Waals surface area (Å²) in [4.78, 5) is 18.4. The zero-order valence-corrected chi connectivity index (χ0v) is 9.40. The summed E-state index contributed by atoms with van der Waals surface area (Å²) in [5.74, 6) is 0.799. The van der Waals surface area contributed by atoms with Gasteiger partial charge in [-0.15, -0.1) is 0 Å². The smallest absolute Gasteiger partial charge is 0.251 e. The number of nitrogens with zero attached hydrogens (tertiary/aromatic N) is 1. The highest BCUT2D eigenvalue weighted by Crippen LogP contribution is 2.20. The summed E-state index contributed by atoms with van der Waals surface area (Å²) in [7, 11) is 0. The molecule has 0 aliphatic rings. The van der Waals surface area contributed by atoms with Crippen LogP contribution in [0.2, 0.25) is 0 Å². The Labute approximate surface area is 94.2 Å². The maximum Gasteiger partial charge on any atom is 0.251 e. The summed E-state index contributed by atoms with van der Waals surface area (Å²) < 4.78 is 0. The number of rotatable bonds is 2. The van der Waals surface area contributed by atoms with Crippen molar-refractivity contribution in [3.8, 4) is 0 Å². The molecule has 0 saturated heterocycles. The van der Waals surface area contributed by atoms with Gasteiger partial charge in [0.05, 0.1) is 5.69 Å². The fourth-order valence-corrected chi connectivity index (χ4v) is 1.74. The van der Waals surface area contributed by atoms with E-state index >= 15 is 0 Å². The SMILES string of the molecule is Cc1nc([C@@H](C)c2ccccc2)cc(=O)[nH]1. The van der Waals surface area contributed by atoms with Gasteiger partial charge in [0.2, 0.25) is 0 Å². The lowest BCUT2D eigenvalue weighted by molar-refractivity contribution is 0.834. The van der Waals surface area contributed by atoms with Crippen LogP contribution >= 0.6 is 0 Å². The molecule has 3 heteroatoms. The fourth-order valence-electron chi connectivity index (χ4n) is 1.74. The van der Waals surface area contributed by atoms with Gasteiger partial charge in [-0.3, -0.25) is 4.79 Å². The first kappa shape index (κ1) is 10.6. The molecule has 1 aromatic carbocycles. The van der Waals surface area contributed by atoms with Gasteiger partial charge in [-0.2, -0.15) is 0 Å². The summed E-state index contributed by atoms with van der Waals surface area (Å²) in [6, 6.07) is 11.6. The highest BCUT2D eigenvalue weighted by Gasteiger charge is 2.10. The third-order valence-corrected chi connectivity index (χ3v) is 2.62. The summed E-state index contributed by atoms with van der Waals surface area (Å²) >= 11 is 0. The molecule has 0 amide bonds. The first-order chi connectivity index (χ1) is 7.66. The first-order valence-electron chi connectivity index (χ1n) is 5.29. The van der Waals surface area contributed by atoms with E-state index in [1.165, 1.54) is 5.56 Å². The van der Waals surface area contributed by atoms with E-state index in [4.69, 9.17) is 0 Å². The maximum absolute atomic E-state index is 11.4. The van der Waals surface area contributed by atoms with Crippen molar-refractivity contribution in [3.63, 3.8) is 0 Å². The maximum atomic E-state index is 11.4. The van der Waals surface area contributed by atoms with Gasteiger partial charge in [-0.1, -0.05) is 37.3 Å². The Morgan fingerprint density at radius 2 is 1.94 bits per heavy atom. The van der Waals surface area contributed by atoms with Crippen LogP contribution in [0.3, 0.4) is 0 Å². The lowest BCUT2D eigenvalue weighted by Gasteiger charge is -2.11. The summed E-state index contributed by atoms with van der Waals surface area (Å²) in [5, 5.41) is 0. The number of nitrogens with one attached hydrogen (secondary N) is 1. The van der Waals surface area contributed by atoms with Gasteiger partial charge < -0.3 is 4.98 Å². The van der Waals surface area contributed by atoms with Crippen molar-refractivity contribution in [2.45, 2.75) is 19.8 Å². The summed E-state index contributed by atoms with van der Waals surface area (Å²) in [6.45, 7) is 3.85. The minimum atomic E-state index is -0.0923. The lowest BCUT2D eigenvalue weighted by Crippen LogP contribution is -2.12. The van der Waals surface area contributed by atoms with Crippen LogP contribution in [-0.4, -0.2) is 9.97 Å². The van der Waals surface area contributed by atoms with Crippen molar-refractivity contribution >= 4 is 0 Å². The molecule has 0 fully saturated rings. The molecule has 16 heavy (non-hydrogen) atoms. The first-order valence-corrected chi connectivity index (χ1v) is 5.29. The molecule has 0 bridgehead atoms. The van der Waals surface area contributed by atoms with Crippen molar-refractivity contribution in [3.05, 3.63) is 63.8 Å². The summed E-state index contributed by atoms with van der Waals surface area (Å²) in [5.41, 5.74) is 1.89. The van der Waals surface area contributed by atoms with Crippen LogP contribution in [0.25, 0.3) is 0 Å². The highest BCUT2D eigenvalue weighted by molar-refractivity contribution is 5.26. The van der Waals surface area contributed by atoms with Crippen LogP contribution in [0.1, 0.15) is 29.9 Å². The Bertz CT molecular complexity index is 531. The molecule has 0 unspecified atom stereocenters. The number of hydrogen-bond acceptors (Lipinski definition) is 2. The molecular formula is C13H14N2O. The molecule has 0 radical (unpaired) electrons. The molecule has 0 aliphatic heterocycles. The molecule has 1 aromatic heterocycles. The number of hydrogen-bond donors (Lipinski definition) is 1. The minimum Gasteiger partial charge on any atom is -0.311 e. The van der Waals surface area contributed by atoms with E-state index < -0.39 is 0 Å². The Morgan fingerprint density at radius 1 is 1.25 bits per heavy atom. The minimum absolute atomic E-state index is 0.0923. The average Bonchev–Trinajstić information content (AvgIpc) is 2.28. The molecule has 0 saturated carbocycles. The van der Waals surface area contributed by atoms with Crippen molar-refractivity contribution in [2.75, 3.05) is 0 Å². The van der Waals surface area contributed by atoms with Gasteiger partial charge >= 0.3 is 0 Å². The fraction of sp³-hybridized carbons (Fsp3) is 0.231. The normalized spacial score (nSPS) is 12.4. The van der Waals surface area contributed by atoms with Crippen molar-refractivity contribution < 1.29 is 0 Å². The van der Waals surface area contributed by atoms with Crippen molar-refractivity contribution in [2.24, 2.45) is 0 Å². The second-order valence-corrected chi connectivity index (χ2v) is 3.89. The van der Waals surface area contributed by atoms with E-state index in [2.05, 4.69) is 16.9 Å². The van der Waals surface area contributed by atoms with Gasteiger partial charge in [-0.05, 0) is 12.5 Å². The van der Waals surface area contributed by atoms with E-state index in [1.54, 1.807) is 13.0 Å². The predicted octanol–water partition coefficient (Wildman–Crippen LogP) is 2.23. The van der Waals surface area contributed by atoms with E-state index in [1.807, 2.05) is 30.3 Å². The average molecular weight is 214 g/mol. The molecule has 1 atom stereocenters. The highest BCUT2D eigenvalue weighted by atomic mass is 16.1. The summed E-state index contributed by atoms with van der Waals surface area (Å²) in [6.07, 6.45) is 0. The molecule has 0 aliphatic carbocycles. The Kier molecular flexibility index (Phi) is 2.86. The van der Waals surface area contributed by atoms with Crippen LogP contribution in [0.4, 0.5) is 0 Å². The van der Waals surface area contributed by atoms with Gasteiger partial charge in [0.15, 0.2) is 0 Å². The van der Waals surface area contributed by atoms with Crippen LogP contribution in [-0.2, 0) is 0 Å². The van der Waals surface area contributed by atoms with Crippen LogP contribution in [0, 0.1) is 6.92 Å². The molecule has 82 valence electrons. The van der Waals surface area contributed by atoms with Gasteiger partial charge in [0, 0.05) is 12.0 Å². The van der Waals surface area contributed by atoms with Gasteiger partial charge in [0.25, 0.3) is 5.56 Å². The second-order valence-electron chi connectivity index (χ2n) is 3.89. The third-order valence-electron chi connectivity index (χ3n) is 2.62. The van der Waals surface area contributed by atoms with Gasteiger partial charge in [-0.25, -0.2) is 4.98 Å². The van der Waals surface area contributed by atoms with E-state index in [0.29, 0.717) is 5.82 Å². The quantitative estimate of drug-likeness (QED) is 0.833. The largest absolute Gasteiger partial charge is 0.311 e. The standard InChI is InChI=1S/C13H14N2O/c1-9(11-6-4-3-5-7-11)12-8-13(16)15-10(2)14-12/h3-9H,1-2H3,(H,14,15,16)/t9-/m0/s1. The van der Waals surface area contributed by atoms with Crippen LogP contribution < -0.4 is 5.56 Å². The molecular weight excluding hydrogens is 200 g/mol. The monoisotopic (exact) mass is 214 g/mol. The van der Waals surface area contributed by atoms with E-state index in [-0.39, 0.29) is 11.5 Å². The van der Waals surface area contributed by atoms with Crippen LogP contribution in [0.5, 0.6) is 0 Å². The predicted molar refractivity (Wildman–Crippen MR) is 63.6 cm³/mol. The Morgan fingerprint density at radius 3 is 2.56 bits per heavy atom. The molecule has 1 heterocycles. The molecule has 2 aromatic rings. The third kappa shape index (κ3) is 2.19. The molecule has 1 N–H and O–H groups in total. The molecule has 2 rings (SSSR count). The number of aromatic nitrogens is 2. The number of benzene rings is 1. The molecule has 0 spiro atoms. The van der Waals surface area contributed by atoms with E-state index in [9.17, 15) is 4.79 Å². The zero-order chi connectivity index (χ0) is 11.5. The Balaban J connectivity index is 2.41. The number of H-pyrrole nitrogens is 1. The second kappa shape index (κ2) is 4.31. The van der Waals surface area contributed by atoms with E-state index in [0.717, 1.165) is 5.69 Å². The van der Waals surface area contributed by atoms with Crippen molar-refractivity contribution in [1.29, 1.82) is 0 Å². The Hall–Kier alpha value is -1.90. The zero-order valence-electron chi connectivity index (χ0n) is 9.40. The topological polar surface area (TPSA) is 45.8 Å². The van der Waals surface area contributed by atoms with Crippen molar-refractivity contribution in [1.82, 2.24) is 9.97 Å². The lowest BCUT2D eigenvalue weighted by atomic mass is 9.98. The number of aromatic amines is 1. The number of aryl methyl sites for hydroxylation is 1. The van der Waals surface area contributed by atoms with Gasteiger partial charge in [0.1, 0.15) is 5.82 Å². The van der Waals surface area contributed by atoms with Crippen LogP contribution in [0.15, 0.2) is 41.2 Å².